The summed E-state index contributed by atoms with van der Waals surface area (Å²) in [6.45, 7) is 1.93. The van der Waals surface area contributed by atoms with Crippen molar-refractivity contribution in [1.82, 2.24) is 19.7 Å². The third-order valence-electron chi connectivity index (χ3n) is 5.90. The lowest BCUT2D eigenvalue weighted by molar-refractivity contribution is -0.0378. The van der Waals surface area contributed by atoms with Gasteiger partial charge in [0.15, 0.2) is 0 Å². The van der Waals surface area contributed by atoms with Gasteiger partial charge in [-0.25, -0.2) is 18.4 Å². The first-order valence-electron chi connectivity index (χ1n) is 9.94. The molecular weight excluding hydrogens is 364 g/mol. The fourth-order valence-electron chi connectivity index (χ4n) is 3.70. The van der Waals surface area contributed by atoms with Crippen LogP contribution in [0.15, 0.2) is 18.3 Å². The van der Waals surface area contributed by atoms with Crippen molar-refractivity contribution in [2.24, 2.45) is 0 Å². The summed E-state index contributed by atoms with van der Waals surface area (Å²) in [6, 6.07) is 3.93. The van der Waals surface area contributed by atoms with E-state index in [2.05, 4.69) is 10.1 Å². The van der Waals surface area contributed by atoms with Gasteiger partial charge < -0.3 is 9.64 Å². The van der Waals surface area contributed by atoms with Gasteiger partial charge in [0.05, 0.1) is 17.5 Å². The molecule has 0 spiro atoms. The molecule has 8 heteroatoms. The number of methoxy groups -OCH3 is 1. The molecule has 0 amide bonds. The summed E-state index contributed by atoms with van der Waals surface area (Å²) in [6.07, 6.45) is 4.78. The van der Waals surface area contributed by atoms with Gasteiger partial charge in [-0.15, -0.1) is 0 Å². The highest BCUT2D eigenvalue weighted by Crippen LogP contribution is 2.39. The smallest absolute Gasteiger partial charge is 0.252 e. The van der Waals surface area contributed by atoms with E-state index in [4.69, 9.17) is 9.72 Å². The first-order chi connectivity index (χ1) is 13.4. The van der Waals surface area contributed by atoms with E-state index in [1.54, 1.807) is 11.8 Å². The van der Waals surface area contributed by atoms with Gasteiger partial charge in [0.25, 0.3) is 5.95 Å². The molecule has 4 rings (SSSR count). The Balaban J connectivity index is 1.63. The Morgan fingerprint density at radius 3 is 2.57 bits per heavy atom. The third-order valence-corrected chi connectivity index (χ3v) is 5.90. The maximum Gasteiger partial charge on any atom is 0.252 e. The van der Waals surface area contributed by atoms with Crippen LogP contribution in [0.25, 0.3) is 5.95 Å². The SMILES string of the molecule is COC(C)c1cc(N(C)C2CCC(F)(F)CC2)nc(-n2ccc(C3CC3)n2)n1. The number of alkyl halides is 2. The molecule has 0 radical (unpaired) electrons. The average molecular weight is 391 g/mol. The van der Waals surface area contributed by atoms with Gasteiger partial charge in [0.2, 0.25) is 5.92 Å². The van der Waals surface area contributed by atoms with Crippen LogP contribution >= 0.6 is 0 Å². The minimum atomic E-state index is -2.54. The lowest BCUT2D eigenvalue weighted by atomic mass is 9.91. The Kier molecular flexibility index (Phi) is 5.07. The minimum absolute atomic E-state index is 0.0349. The molecule has 2 heterocycles. The van der Waals surface area contributed by atoms with Crippen LogP contribution in [0.4, 0.5) is 14.6 Å². The van der Waals surface area contributed by atoms with Crippen molar-refractivity contribution in [2.45, 2.75) is 69.4 Å². The number of anilines is 1. The highest BCUT2D eigenvalue weighted by Gasteiger charge is 2.36. The molecule has 1 unspecified atom stereocenters. The first-order valence-corrected chi connectivity index (χ1v) is 9.94. The fourth-order valence-corrected chi connectivity index (χ4v) is 3.70. The van der Waals surface area contributed by atoms with Crippen molar-refractivity contribution in [3.8, 4) is 5.95 Å². The maximum atomic E-state index is 13.5. The van der Waals surface area contributed by atoms with Crippen LogP contribution in [0.3, 0.4) is 0 Å². The number of aromatic nitrogens is 4. The summed E-state index contributed by atoms with van der Waals surface area (Å²) >= 11 is 0. The van der Waals surface area contributed by atoms with E-state index in [1.165, 1.54) is 12.8 Å². The maximum absolute atomic E-state index is 13.5. The van der Waals surface area contributed by atoms with E-state index < -0.39 is 5.92 Å². The van der Waals surface area contributed by atoms with Gasteiger partial charge >= 0.3 is 0 Å². The number of nitrogens with zero attached hydrogens (tertiary/aromatic N) is 5. The largest absolute Gasteiger partial charge is 0.375 e. The van der Waals surface area contributed by atoms with E-state index in [0.717, 1.165) is 11.4 Å². The van der Waals surface area contributed by atoms with Crippen molar-refractivity contribution in [3.63, 3.8) is 0 Å². The molecular formula is C20H27F2N5O. The van der Waals surface area contributed by atoms with E-state index in [9.17, 15) is 8.78 Å². The normalized spacial score (nSPS) is 20.9. The molecule has 1 atom stereocenters. The predicted octanol–water partition coefficient (Wildman–Crippen LogP) is 4.26. The summed E-state index contributed by atoms with van der Waals surface area (Å²) < 4.78 is 34.2. The molecule has 28 heavy (non-hydrogen) atoms. The molecule has 2 aliphatic rings. The molecule has 0 aromatic carbocycles. The van der Waals surface area contributed by atoms with E-state index in [-0.39, 0.29) is 25.0 Å². The summed E-state index contributed by atoms with van der Waals surface area (Å²) in [5, 5.41) is 4.63. The molecule has 2 saturated carbocycles. The Morgan fingerprint density at radius 1 is 1.21 bits per heavy atom. The molecule has 0 N–H and O–H groups in total. The standard InChI is InChI=1S/C20H27F2N5O/c1-13(28-3)17-12-18(26(2)15-6-9-20(21,22)10-7-15)24-19(23-17)27-11-8-16(25-27)14-4-5-14/h8,11-15H,4-7,9-10H2,1-3H3. The summed E-state index contributed by atoms with van der Waals surface area (Å²) in [5.41, 5.74) is 1.82. The second-order valence-electron chi connectivity index (χ2n) is 7.99. The quantitative estimate of drug-likeness (QED) is 0.736. The van der Waals surface area contributed by atoms with Gasteiger partial charge in [0, 0.05) is 51.2 Å². The first kappa shape index (κ1) is 19.2. The van der Waals surface area contributed by atoms with Crippen LogP contribution in [0.5, 0.6) is 0 Å². The van der Waals surface area contributed by atoms with Gasteiger partial charge in [-0.2, -0.15) is 10.1 Å². The number of ether oxygens (including phenoxy) is 1. The number of hydrogen-bond acceptors (Lipinski definition) is 5. The minimum Gasteiger partial charge on any atom is -0.375 e. The van der Waals surface area contributed by atoms with Gasteiger partial charge in [-0.05, 0) is 38.7 Å². The lowest BCUT2D eigenvalue weighted by Gasteiger charge is -2.35. The van der Waals surface area contributed by atoms with Crippen LogP contribution in [0, 0.1) is 0 Å². The zero-order valence-electron chi connectivity index (χ0n) is 16.6. The summed E-state index contributed by atoms with van der Waals surface area (Å²) in [5.74, 6) is -0.801. The Labute approximate surface area is 163 Å². The lowest BCUT2D eigenvalue weighted by Crippen LogP contribution is -2.39. The monoisotopic (exact) mass is 391 g/mol. The highest BCUT2D eigenvalue weighted by molar-refractivity contribution is 5.43. The van der Waals surface area contributed by atoms with Crippen LogP contribution in [-0.4, -0.2) is 45.9 Å². The second kappa shape index (κ2) is 7.39. The number of halogens is 2. The molecule has 0 saturated heterocycles. The molecule has 152 valence electrons. The van der Waals surface area contributed by atoms with Gasteiger partial charge in [-0.1, -0.05) is 0 Å². The molecule has 2 fully saturated rings. The Hall–Kier alpha value is -2.09. The third kappa shape index (κ3) is 4.01. The number of rotatable bonds is 6. The van der Waals surface area contributed by atoms with E-state index >= 15 is 0 Å². The van der Waals surface area contributed by atoms with Crippen LogP contribution in [0.1, 0.15) is 68.9 Å². The average Bonchev–Trinajstić information content (AvgIpc) is 3.43. The Bertz CT molecular complexity index is 826. The molecule has 2 aromatic heterocycles. The highest BCUT2D eigenvalue weighted by atomic mass is 19.3. The zero-order valence-corrected chi connectivity index (χ0v) is 16.6. The molecule has 0 aliphatic heterocycles. The number of hydrogen-bond donors (Lipinski definition) is 0. The summed E-state index contributed by atoms with van der Waals surface area (Å²) in [4.78, 5) is 11.3. The van der Waals surface area contributed by atoms with Crippen molar-refractivity contribution < 1.29 is 13.5 Å². The van der Waals surface area contributed by atoms with Crippen LogP contribution in [0.2, 0.25) is 0 Å². The molecule has 2 aliphatic carbocycles. The van der Waals surface area contributed by atoms with Crippen LogP contribution in [-0.2, 0) is 4.74 Å². The van der Waals surface area contributed by atoms with E-state index in [0.29, 0.717) is 30.5 Å². The molecule has 0 bridgehead atoms. The topological polar surface area (TPSA) is 56.1 Å². The van der Waals surface area contributed by atoms with Crippen molar-refractivity contribution in [1.29, 1.82) is 0 Å². The van der Waals surface area contributed by atoms with Crippen LogP contribution < -0.4 is 4.90 Å². The van der Waals surface area contributed by atoms with Crippen molar-refractivity contribution in [2.75, 3.05) is 19.1 Å². The second-order valence-corrected chi connectivity index (χ2v) is 7.99. The molecule has 2 aromatic rings. The van der Waals surface area contributed by atoms with E-state index in [1.807, 2.05) is 37.2 Å². The van der Waals surface area contributed by atoms with Gasteiger partial charge in [0.1, 0.15) is 5.82 Å². The zero-order chi connectivity index (χ0) is 19.9. The summed E-state index contributed by atoms with van der Waals surface area (Å²) in [7, 11) is 3.55. The molecule has 6 nitrogen and oxygen atoms in total. The van der Waals surface area contributed by atoms with Crippen molar-refractivity contribution in [3.05, 3.63) is 29.7 Å². The van der Waals surface area contributed by atoms with Crippen molar-refractivity contribution >= 4 is 5.82 Å². The fraction of sp³-hybridized carbons (Fsp3) is 0.650. The van der Waals surface area contributed by atoms with Gasteiger partial charge in [-0.3, -0.25) is 0 Å². The Morgan fingerprint density at radius 2 is 1.93 bits per heavy atom. The predicted molar refractivity (Wildman–Crippen MR) is 102 cm³/mol.